The molecule has 0 spiro atoms. The second-order valence-electron chi connectivity index (χ2n) is 11.4. The Morgan fingerprint density at radius 1 is 1.05 bits per heavy atom. The number of hydrogen-bond acceptors (Lipinski definition) is 8. The quantitative estimate of drug-likeness (QED) is 0.314. The van der Waals surface area contributed by atoms with Crippen LogP contribution in [0.4, 0.5) is 0 Å². The van der Waals surface area contributed by atoms with Crippen LogP contribution < -0.4 is 30.6 Å². The molecule has 0 saturated heterocycles. The van der Waals surface area contributed by atoms with E-state index in [-0.39, 0.29) is 30.2 Å². The molecule has 11 nitrogen and oxygen atoms in total. The van der Waals surface area contributed by atoms with Gasteiger partial charge in [0.15, 0.2) is 11.5 Å². The van der Waals surface area contributed by atoms with Gasteiger partial charge in [0.2, 0.25) is 17.7 Å². The van der Waals surface area contributed by atoms with Gasteiger partial charge in [-0.2, -0.15) is 0 Å². The summed E-state index contributed by atoms with van der Waals surface area (Å²) in [5, 5.41) is 6.25. The van der Waals surface area contributed by atoms with Crippen LogP contribution >= 0.6 is 0 Å². The molecular weight excluding hydrogens is 518 g/mol. The average molecular weight is 556 g/mol. The van der Waals surface area contributed by atoms with Crippen LogP contribution in [0.5, 0.6) is 17.2 Å². The molecule has 0 radical (unpaired) electrons. The first-order chi connectivity index (χ1) is 18.6. The average Bonchev–Trinajstić information content (AvgIpc) is 2.85. The number of rotatable bonds is 9. The number of ether oxygens (including phenoxy) is 3. The summed E-state index contributed by atoms with van der Waals surface area (Å²) in [4.78, 5) is 61.2. The molecule has 0 aliphatic carbocycles. The van der Waals surface area contributed by atoms with Gasteiger partial charge in [0.05, 0.1) is 0 Å². The maximum absolute atomic E-state index is 12.9. The minimum absolute atomic E-state index is 0.0417. The van der Waals surface area contributed by atoms with E-state index in [9.17, 15) is 24.0 Å². The lowest BCUT2D eigenvalue weighted by atomic mass is 9.91. The molecule has 11 heteroatoms. The molecular formula is C29H37N3O8. The van der Waals surface area contributed by atoms with Crippen LogP contribution in [0.3, 0.4) is 0 Å². The van der Waals surface area contributed by atoms with E-state index in [0.29, 0.717) is 29.5 Å². The lowest BCUT2D eigenvalue weighted by Crippen LogP contribution is -2.48. The number of nitrogens with two attached hydrogens (primary N) is 1. The summed E-state index contributed by atoms with van der Waals surface area (Å²) in [5.74, 6) is -2.36. The first-order valence-corrected chi connectivity index (χ1v) is 13.1. The van der Waals surface area contributed by atoms with Crippen LogP contribution in [-0.2, 0) is 30.4 Å². The number of carbonyl (C=O) groups is 5. The molecule has 3 rings (SSSR count). The summed E-state index contributed by atoms with van der Waals surface area (Å²) >= 11 is 0. The molecule has 0 fully saturated rings. The summed E-state index contributed by atoms with van der Waals surface area (Å²) in [6, 6.07) is 6.15. The number of amides is 3. The van der Waals surface area contributed by atoms with Crippen LogP contribution in [0.2, 0.25) is 0 Å². The second-order valence-corrected chi connectivity index (χ2v) is 11.4. The van der Waals surface area contributed by atoms with E-state index in [1.54, 1.807) is 32.9 Å². The third-order valence-electron chi connectivity index (χ3n) is 6.41. The maximum atomic E-state index is 12.9. The summed E-state index contributed by atoms with van der Waals surface area (Å²) in [6.45, 7) is 9.75. The Bertz CT molecular complexity index is 1340. The van der Waals surface area contributed by atoms with Crippen LogP contribution in [-0.4, -0.2) is 47.8 Å². The van der Waals surface area contributed by atoms with Crippen molar-refractivity contribution in [1.29, 1.82) is 0 Å². The molecule has 2 aromatic rings. The van der Waals surface area contributed by atoms with Crippen molar-refractivity contribution in [2.45, 2.75) is 78.9 Å². The highest BCUT2D eigenvalue weighted by Gasteiger charge is 2.34. The zero-order valence-electron chi connectivity index (χ0n) is 23.8. The van der Waals surface area contributed by atoms with Crippen molar-refractivity contribution in [2.75, 3.05) is 6.54 Å². The first kappa shape index (κ1) is 30.4. The van der Waals surface area contributed by atoms with E-state index in [1.807, 2.05) is 26.0 Å². The van der Waals surface area contributed by atoms with Crippen molar-refractivity contribution < 1.29 is 38.2 Å². The molecule has 1 atom stereocenters. The number of carbonyl (C=O) groups excluding carboxylic acids is 5. The number of fused-ring (bicyclic) bond motifs is 3. The Hall–Kier alpha value is -4.15. The van der Waals surface area contributed by atoms with Gasteiger partial charge in [-0.1, -0.05) is 45.0 Å². The summed E-state index contributed by atoms with van der Waals surface area (Å²) in [7, 11) is 0. The highest BCUT2D eigenvalue weighted by Crippen LogP contribution is 2.50. The van der Waals surface area contributed by atoms with Crippen LogP contribution in [0.25, 0.3) is 10.8 Å². The molecule has 0 aromatic heterocycles. The van der Waals surface area contributed by atoms with E-state index in [2.05, 4.69) is 10.6 Å². The molecule has 3 amide bonds. The number of esters is 2. The molecule has 1 unspecified atom stereocenters. The van der Waals surface area contributed by atoms with Gasteiger partial charge in [-0.25, -0.2) is 4.79 Å². The number of primary amides is 1. The fourth-order valence-corrected chi connectivity index (χ4v) is 4.20. The van der Waals surface area contributed by atoms with Gasteiger partial charge in [-0.3, -0.25) is 19.2 Å². The highest BCUT2D eigenvalue weighted by atomic mass is 16.6. The third kappa shape index (κ3) is 7.49. The number of nitrogens with one attached hydrogen (secondary N) is 2. The zero-order chi connectivity index (χ0) is 29.8. The smallest absolute Gasteiger partial charge is 0.330 e. The van der Waals surface area contributed by atoms with Gasteiger partial charge < -0.3 is 30.6 Å². The second kappa shape index (κ2) is 11.9. The van der Waals surface area contributed by atoms with E-state index in [1.165, 1.54) is 6.92 Å². The molecule has 1 aliphatic heterocycles. The fourth-order valence-electron chi connectivity index (χ4n) is 4.20. The predicted molar refractivity (Wildman–Crippen MR) is 147 cm³/mol. The SMILES string of the molecule is CC(=O)Oc1c(OC(=O)CNC(=O)CCC(NC(=O)C(C)(C)C)C(N)=O)c2c(c3ccccc13)OC(C)(C)CC2. The highest BCUT2D eigenvalue weighted by molar-refractivity contribution is 6.00. The van der Waals surface area contributed by atoms with Gasteiger partial charge in [0.1, 0.15) is 23.9 Å². The lowest BCUT2D eigenvalue weighted by Gasteiger charge is -2.34. The van der Waals surface area contributed by atoms with Crippen LogP contribution in [0, 0.1) is 5.41 Å². The van der Waals surface area contributed by atoms with E-state index < -0.39 is 47.4 Å². The van der Waals surface area contributed by atoms with Gasteiger partial charge in [0.25, 0.3) is 0 Å². The Labute approximate surface area is 233 Å². The van der Waals surface area contributed by atoms with Gasteiger partial charge in [-0.15, -0.1) is 0 Å². The predicted octanol–water partition coefficient (Wildman–Crippen LogP) is 2.69. The Balaban J connectivity index is 1.75. The Morgan fingerprint density at radius 2 is 1.70 bits per heavy atom. The molecule has 1 aliphatic rings. The van der Waals surface area contributed by atoms with E-state index in [0.717, 1.165) is 5.39 Å². The molecule has 216 valence electrons. The Morgan fingerprint density at radius 3 is 2.30 bits per heavy atom. The minimum Gasteiger partial charge on any atom is -0.487 e. The van der Waals surface area contributed by atoms with Crippen LogP contribution in [0.15, 0.2) is 24.3 Å². The van der Waals surface area contributed by atoms with Crippen LogP contribution in [0.1, 0.15) is 66.4 Å². The van der Waals surface area contributed by atoms with Gasteiger partial charge in [0, 0.05) is 35.1 Å². The topological polar surface area (TPSA) is 163 Å². The van der Waals surface area contributed by atoms with Gasteiger partial charge in [-0.05, 0) is 33.1 Å². The lowest BCUT2D eigenvalue weighted by molar-refractivity contribution is -0.136. The summed E-state index contributed by atoms with van der Waals surface area (Å²) < 4.78 is 17.5. The maximum Gasteiger partial charge on any atom is 0.330 e. The molecule has 1 heterocycles. The first-order valence-electron chi connectivity index (χ1n) is 13.1. The molecule has 40 heavy (non-hydrogen) atoms. The summed E-state index contributed by atoms with van der Waals surface area (Å²) in [6.07, 6.45) is 0.926. The van der Waals surface area contributed by atoms with Crippen molar-refractivity contribution in [3.8, 4) is 17.2 Å². The molecule has 4 N–H and O–H groups in total. The molecule has 0 bridgehead atoms. The number of hydrogen-bond donors (Lipinski definition) is 3. The van der Waals surface area contributed by atoms with Crippen molar-refractivity contribution in [3.63, 3.8) is 0 Å². The standard InChI is InChI=1S/C29H37N3O8/c1-16(33)38-24-18-10-8-7-9-17(18)23-19(13-14-29(5,6)40-23)25(24)39-22(35)15-31-21(34)12-11-20(26(30)36)32-27(37)28(2,3)4/h7-10,20H,11-15H2,1-6H3,(H2,30,36)(H,31,34)(H,32,37). The van der Waals surface area contributed by atoms with Crippen molar-refractivity contribution in [2.24, 2.45) is 11.1 Å². The number of benzene rings is 2. The minimum atomic E-state index is -1.04. The largest absolute Gasteiger partial charge is 0.487 e. The monoisotopic (exact) mass is 555 g/mol. The van der Waals surface area contributed by atoms with Crippen molar-refractivity contribution in [3.05, 3.63) is 29.8 Å². The zero-order valence-corrected chi connectivity index (χ0v) is 23.8. The van der Waals surface area contributed by atoms with Gasteiger partial charge >= 0.3 is 11.9 Å². The van der Waals surface area contributed by atoms with Crippen molar-refractivity contribution in [1.82, 2.24) is 10.6 Å². The Kier molecular flexibility index (Phi) is 9.07. The summed E-state index contributed by atoms with van der Waals surface area (Å²) in [5.41, 5.74) is 4.77. The molecule has 2 aromatic carbocycles. The van der Waals surface area contributed by atoms with Crippen molar-refractivity contribution >= 4 is 40.4 Å². The van der Waals surface area contributed by atoms with E-state index >= 15 is 0 Å². The molecule has 0 saturated carbocycles. The fraction of sp³-hybridized carbons (Fsp3) is 0.483. The van der Waals surface area contributed by atoms with E-state index in [4.69, 9.17) is 19.9 Å². The normalized spacial score (nSPS) is 14.8. The third-order valence-corrected chi connectivity index (χ3v) is 6.41.